The number of furan rings is 1. The van der Waals surface area contributed by atoms with Crippen LogP contribution in [0.3, 0.4) is 0 Å². The first-order valence-corrected chi connectivity index (χ1v) is 13.3. The van der Waals surface area contributed by atoms with Crippen molar-refractivity contribution in [3.63, 3.8) is 0 Å². The van der Waals surface area contributed by atoms with Crippen molar-refractivity contribution in [3.05, 3.63) is 119 Å². The van der Waals surface area contributed by atoms with E-state index in [-0.39, 0.29) is 0 Å². The van der Waals surface area contributed by atoms with Crippen LogP contribution in [0.5, 0.6) is 0 Å². The molecule has 5 heteroatoms. The third-order valence-electron chi connectivity index (χ3n) is 6.65. The number of benzene rings is 4. The molecule has 0 atom stereocenters. The highest BCUT2D eigenvalue weighted by Gasteiger charge is 2.19. The van der Waals surface area contributed by atoms with Gasteiger partial charge in [0.2, 0.25) is 0 Å². The molecular weight excluding hydrogens is 502 g/mol. The first-order chi connectivity index (χ1) is 19.1. The summed E-state index contributed by atoms with van der Waals surface area (Å²) in [7, 11) is 0. The van der Waals surface area contributed by atoms with Crippen LogP contribution in [0.15, 0.2) is 113 Å². The van der Waals surface area contributed by atoms with Crippen LogP contribution < -0.4 is 0 Å². The average molecular weight is 528 g/mol. The summed E-state index contributed by atoms with van der Waals surface area (Å²) >= 11 is 6.34. The van der Waals surface area contributed by atoms with Gasteiger partial charge in [-0.1, -0.05) is 116 Å². The molecule has 4 aromatic carbocycles. The monoisotopic (exact) mass is 527 g/mol. The maximum Gasteiger partial charge on any atom is 0.164 e. The van der Waals surface area contributed by atoms with Crippen molar-refractivity contribution in [1.82, 2.24) is 15.0 Å². The van der Waals surface area contributed by atoms with Crippen LogP contribution in [0.25, 0.3) is 62.3 Å². The first kappa shape index (κ1) is 24.8. The van der Waals surface area contributed by atoms with Gasteiger partial charge in [-0.15, -0.1) is 0 Å². The molecule has 6 aromatic rings. The summed E-state index contributed by atoms with van der Waals surface area (Å²) < 4.78 is 6.22. The largest absolute Gasteiger partial charge is 0.460 e. The zero-order valence-electron chi connectivity index (χ0n) is 21.7. The minimum Gasteiger partial charge on any atom is -0.460 e. The highest BCUT2D eigenvalue weighted by Crippen LogP contribution is 2.37. The van der Waals surface area contributed by atoms with E-state index >= 15 is 0 Å². The molecule has 0 aliphatic carbocycles. The van der Waals surface area contributed by atoms with Gasteiger partial charge in [-0.25, -0.2) is 15.0 Å². The number of rotatable bonds is 6. The van der Waals surface area contributed by atoms with Crippen molar-refractivity contribution >= 4 is 28.6 Å². The van der Waals surface area contributed by atoms with E-state index in [2.05, 4.69) is 43.3 Å². The van der Waals surface area contributed by atoms with Crippen LogP contribution in [0.1, 0.15) is 25.2 Å². The van der Waals surface area contributed by atoms with Gasteiger partial charge in [0.25, 0.3) is 0 Å². The molecule has 0 N–H and O–H groups in total. The van der Waals surface area contributed by atoms with E-state index in [1.807, 2.05) is 79.7 Å². The lowest BCUT2D eigenvalue weighted by atomic mass is 10.0. The quantitative estimate of drug-likeness (QED) is 0.216. The lowest BCUT2D eigenvalue weighted by Gasteiger charge is -2.10. The topological polar surface area (TPSA) is 51.8 Å². The molecule has 2 heterocycles. The Kier molecular flexibility index (Phi) is 6.78. The normalized spacial score (nSPS) is 11.7. The summed E-state index contributed by atoms with van der Waals surface area (Å²) in [5.74, 6) is 2.69. The van der Waals surface area contributed by atoms with Gasteiger partial charge in [0, 0.05) is 39.1 Å². The molecule has 0 radical (unpaired) electrons. The molecule has 0 saturated heterocycles. The number of aryl methyl sites for hydroxylation is 1. The predicted octanol–water partition coefficient (Wildman–Crippen LogP) is 9.45. The number of nitrogens with zero attached hydrogens (tertiary/aromatic N) is 3. The van der Waals surface area contributed by atoms with Gasteiger partial charge in [0.05, 0.1) is 0 Å². The van der Waals surface area contributed by atoms with Crippen molar-refractivity contribution in [1.29, 1.82) is 0 Å². The number of hydrogen-bond acceptors (Lipinski definition) is 4. The van der Waals surface area contributed by atoms with Gasteiger partial charge in [0.1, 0.15) is 11.3 Å². The minimum atomic E-state index is 0.585. The van der Waals surface area contributed by atoms with E-state index in [4.69, 9.17) is 31.0 Å². The first-order valence-electron chi connectivity index (χ1n) is 13.0. The summed E-state index contributed by atoms with van der Waals surface area (Å²) in [4.78, 5) is 14.8. The van der Waals surface area contributed by atoms with E-state index in [0.29, 0.717) is 22.5 Å². The highest BCUT2D eigenvalue weighted by molar-refractivity contribution is 6.31. The average Bonchev–Trinajstić information content (AvgIpc) is 3.35. The number of allylic oxidation sites excluding steroid dienone is 1. The fourth-order valence-corrected chi connectivity index (χ4v) is 4.91. The van der Waals surface area contributed by atoms with Crippen molar-refractivity contribution in [2.24, 2.45) is 0 Å². The summed E-state index contributed by atoms with van der Waals surface area (Å²) in [5.41, 5.74) is 6.77. The Labute approximate surface area is 232 Å². The van der Waals surface area contributed by atoms with Crippen LogP contribution in [-0.4, -0.2) is 15.0 Å². The Morgan fingerprint density at radius 1 is 0.667 bits per heavy atom. The van der Waals surface area contributed by atoms with Gasteiger partial charge < -0.3 is 4.42 Å². The van der Waals surface area contributed by atoms with Gasteiger partial charge in [0.15, 0.2) is 17.5 Å². The maximum atomic E-state index is 6.34. The van der Waals surface area contributed by atoms with Gasteiger partial charge in [-0.05, 0) is 30.2 Å². The SMILES string of the molecule is CCc1oc2cccc(-c3nc(-c4ccccc4)nc(-c4ccc(-c5ccccc5)cc4)n3)c2c1/C=C(\C)Cl. The smallest absolute Gasteiger partial charge is 0.164 e. The van der Waals surface area contributed by atoms with Crippen LogP contribution >= 0.6 is 11.6 Å². The second-order valence-electron chi connectivity index (χ2n) is 9.32. The summed E-state index contributed by atoms with van der Waals surface area (Å²) in [6.07, 6.45) is 2.70. The summed E-state index contributed by atoms with van der Waals surface area (Å²) in [6, 6.07) is 34.6. The molecule has 2 aromatic heterocycles. The fraction of sp³-hybridized carbons (Fsp3) is 0.0882. The number of hydrogen-bond donors (Lipinski definition) is 0. The van der Waals surface area contributed by atoms with Gasteiger partial charge in [-0.3, -0.25) is 0 Å². The standard InChI is InChI=1S/C34H26ClN3O/c1-3-29-28(21-22(2)35)31-27(15-10-16-30(31)39-29)34-37-32(25-13-8-5-9-14-25)36-33(38-34)26-19-17-24(18-20-26)23-11-6-4-7-12-23/h4-21H,3H2,1-2H3/b22-21+. The predicted molar refractivity (Wildman–Crippen MR) is 160 cm³/mol. The van der Waals surface area contributed by atoms with E-state index < -0.39 is 0 Å². The second kappa shape index (κ2) is 10.7. The van der Waals surface area contributed by atoms with E-state index in [1.54, 1.807) is 0 Å². The number of fused-ring (bicyclic) bond motifs is 1. The van der Waals surface area contributed by atoms with Crippen molar-refractivity contribution in [2.45, 2.75) is 20.3 Å². The third kappa shape index (κ3) is 4.99. The molecule has 0 bridgehead atoms. The summed E-state index contributed by atoms with van der Waals surface area (Å²) in [5, 5.41) is 1.63. The Hall–Kier alpha value is -4.54. The Balaban J connectivity index is 1.55. The molecular formula is C34H26ClN3O. The van der Waals surface area contributed by atoms with Gasteiger partial charge >= 0.3 is 0 Å². The molecule has 0 spiro atoms. The molecule has 0 aliphatic rings. The van der Waals surface area contributed by atoms with Crippen molar-refractivity contribution < 1.29 is 4.42 Å². The summed E-state index contributed by atoms with van der Waals surface area (Å²) in [6.45, 7) is 3.95. The van der Waals surface area contributed by atoms with Crippen LogP contribution in [0, 0.1) is 0 Å². The Morgan fingerprint density at radius 2 is 1.21 bits per heavy atom. The van der Waals surface area contributed by atoms with Gasteiger partial charge in [-0.2, -0.15) is 0 Å². The molecule has 190 valence electrons. The molecule has 4 nitrogen and oxygen atoms in total. The second-order valence-corrected chi connectivity index (χ2v) is 9.91. The van der Waals surface area contributed by atoms with Crippen LogP contribution in [-0.2, 0) is 6.42 Å². The van der Waals surface area contributed by atoms with Crippen molar-refractivity contribution in [3.8, 4) is 45.3 Å². The van der Waals surface area contributed by atoms with Crippen LogP contribution in [0.2, 0.25) is 0 Å². The van der Waals surface area contributed by atoms with Crippen molar-refractivity contribution in [2.75, 3.05) is 0 Å². The lowest BCUT2D eigenvalue weighted by molar-refractivity contribution is 0.556. The minimum absolute atomic E-state index is 0.585. The Morgan fingerprint density at radius 3 is 1.82 bits per heavy atom. The third-order valence-corrected chi connectivity index (χ3v) is 6.76. The number of halogens is 1. The molecule has 6 rings (SSSR count). The lowest BCUT2D eigenvalue weighted by Crippen LogP contribution is -2.00. The molecule has 39 heavy (non-hydrogen) atoms. The molecule has 0 unspecified atom stereocenters. The Bertz CT molecular complexity index is 1790. The molecule has 0 aliphatic heterocycles. The zero-order chi connectivity index (χ0) is 26.8. The maximum absolute atomic E-state index is 6.34. The molecule has 0 amide bonds. The fourth-order valence-electron chi connectivity index (χ4n) is 4.81. The zero-order valence-corrected chi connectivity index (χ0v) is 22.5. The number of aromatic nitrogens is 3. The van der Waals surface area contributed by atoms with E-state index in [1.165, 1.54) is 5.56 Å². The highest BCUT2D eigenvalue weighted by atomic mass is 35.5. The van der Waals surface area contributed by atoms with Crippen LogP contribution in [0.4, 0.5) is 0 Å². The molecule has 0 saturated carbocycles. The molecule has 0 fully saturated rings. The van der Waals surface area contributed by atoms with E-state index in [0.717, 1.165) is 51.0 Å². The van der Waals surface area contributed by atoms with E-state index in [9.17, 15) is 0 Å².